The summed E-state index contributed by atoms with van der Waals surface area (Å²) < 4.78 is 9.89. The predicted octanol–water partition coefficient (Wildman–Crippen LogP) is 1.12. The first-order chi connectivity index (χ1) is 7.19. The summed E-state index contributed by atoms with van der Waals surface area (Å²) in [7, 11) is 1.31. The lowest BCUT2D eigenvalue weighted by atomic mass is 10.2. The Morgan fingerprint density at radius 3 is 2.73 bits per heavy atom. The van der Waals surface area contributed by atoms with Crippen LogP contribution in [-0.2, 0) is 16.1 Å². The molecule has 4 heteroatoms. The molecule has 0 saturated carbocycles. The van der Waals surface area contributed by atoms with Gasteiger partial charge in [0, 0.05) is 5.56 Å². The van der Waals surface area contributed by atoms with Crippen molar-refractivity contribution in [3.8, 4) is 5.75 Å². The van der Waals surface area contributed by atoms with Crippen molar-refractivity contribution in [3.05, 3.63) is 29.8 Å². The summed E-state index contributed by atoms with van der Waals surface area (Å²) in [5.41, 5.74) is 0.647. The number of methoxy groups -OCH3 is 1. The van der Waals surface area contributed by atoms with Gasteiger partial charge in [-0.15, -0.1) is 0 Å². The van der Waals surface area contributed by atoms with Crippen molar-refractivity contribution < 1.29 is 19.4 Å². The molecule has 15 heavy (non-hydrogen) atoms. The van der Waals surface area contributed by atoms with E-state index in [0.29, 0.717) is 11.3 Å². The lowest BCUT2D eigenvalue weighted by Gasteiger charge is -2.14. The normalized spacial score (nSPS) is 11.9. The Hall–Kier alpha value is -1.55. The molecule has 0 spiro atoms. The van der Waals surface area contributed by atoms with Crippen molar-refractivity contribution in [1.82, 2.24) is 0 Å². The first-order valence-corrected chi connectivity index (χ1v) is 4.62. The van der Waals surface area contributed by atoms with Gasteiger partial charge in [-0.25, -0.2) is 4.79 Å². The number of para-hydroxylation sites is 1. The highest BCUT2D eigenvalue weighted by Crippen LogP contribution is 2.19. The summed E-state index contributed by atoms with van der Waals surface area (Å²) in [6, 6.07) is 7.00. The van der Waals surface area contributed by atoms with Crippen LogP contribution in [0.2, 0.25) is 0 Å². The van der Waals surface area contributed by atoms with Gasteiger partial charge < -0.3 is 14.6 Å². The molecule has 0 fully saturated rings. The van der Waals surface area contributed by atoms with Crippen molar-refractivity contribution in [1.29, 1.82) is 0 Å². The van der Waals surface area contributed by atoms with Crippen LogP contribution >= 0.6 is 0 Å². The van der Waals surface area contributed by atoms with E-state index in [4.69, 9.17) is 9.84 Å². The highest BCUT2D eigenvalue weighted by Gasteiger charge is 2.15. The average molecular weight is 210 g/mol. The van der Waals surface area contributed by atoms with Gasteiger partial charge in [-0.05, 0) is 13.0 Å². The van der Waals surface area contributed by atoms with Crippen LogP contribution in [-0.4, -0.2) is 24.3 Å². The molecule has 0 bridgehead atoms. The van der Waals surface area contributed by atoms with Gasteiger partial charge in [0.25, 0.3) is 0 Å². The zero-order valence-electron chi connectivity index (χ0n) is 8.77. The van der Waals surface area contributed by atoms with Crippen LogP contribution in [0.3, 0.4) is 0 Å². The van der Waals surface area contributed by atoms with E-state index in [-0.39, 0.29) is 6.61 Å². The van der Waals surface area contributed by atoms with E-state index in [1.54, 1.807) is 31.2 Å². The summed E-state index contributed by atoms with van der Waals surface area (Å²) in [4.78, 5) is 11.1. The van der Waals surface area contributed by atoms with Crippen LogP contribution in [0.4, 0.5) is 0 Å². The third kappa shape index (κ3) is 2.95. The fraction of sp³-hybridized carbons (Fsp3) is 0.364. The number of aliphatic hydroxyl groups is 1. The van der Waals surface area contributed by atoms with E-state index in [1.165, 1.54) is 7.11 Å². The minimum Gasteiger partial charge on any atom is -0.479 e. The van der Waals surface area contributed by atoms with Crippen LogP contribution < -0.4 is 4.74 Å². The molecule has 1 atom stereocenters. The van der Waals surface area contributed by atoms with Crippen LogP contribution in [0.1, 0.15) is 12.5 Å². The molecular weight excluding hydrogens is 196 g/mol. The summed E-state index contributed by atoms with van der Waals surface area (Å²) in [6.45, 7) is 1.48. The van der Waals surface area contributed by atoms with E-state index in [1.807, 2.05) is 0 Å². The number of esters is 1. The Kier molecular flexibility index (Phi) is 4.12. The molecule has 82 valence electrons. The Balaban J connectivity index is 2.75. The van der Waals surface area contributed by atoms with Gasteiger partial charge in [-0.2, -0.15) is 0 Å². The quantitative estimate of drug-likeness (QED) is 0.756. The zero-order chi connectivity index (χ0) is 11.3. The molecule has 0 heterocycles. The highest BCUT2D eigenvalue weighted by atomic mass is 16.6. The summed E-state index contributed by atoms with van der Waals surface area (Å²) in [5, 5.41) is 9.03. The third-order valence-electron chi connectivity index (χ3n) is 1.98. The zero-order valence-corrected chi connectivity index (χ0v) is 8.77. The maximum absolute atomic E-state index is 11.1. The van der Waals surface area contributed by atoms with Crippen molar-refractivity contribution in [2.45, 2.75) is 19.6 Å². The average Bonchev–Trinajstić information content (AvgIpc) is 2.28. The topological polar surface area (TPSA) is 55.8 Å². The second-order valence-corrected chi connectivity index (χ2v) is 3.05. The van der Waals surface area contributed by atoms with Crippen LogP contribution in [0, 0.1) is 0 Å². The molecule has 1 aromatic carbocycles. The smallest absolute Gasteiger partial charge is 0.346 e. The van der Waals surface area contributed by atoms with Crippen LogP contribution in [0.5, 0.6) is 5.75 Å². The number of hydrogen-bond acceptors (Lipinski definition) is 4. The van der Waals surface area contributed by atoms with Gasteiger partial charge >= 0.3 is 5.97 Å². The Morgan fingerprint density at radius 1 is 1.47 bits per heavy atom. The Labute approximate surface area is 88.4 Å². The van der Waals surface area contributed by atoms with Crippen LogP contribution in [0.15, 0.2) is 24.3 Å². The Morgan fingerprint density at radius 2 is 2.13 bits per heavy atom. The molecule has 0 aliphatic carbocycles. The van der Waals surface area contributed by atoms with Crippen molar-refractivity contribution in [2.24, 2.45) is 0 Å². The van der Waals surface area contributed by atoms with Crippen molar-refractivity contribution >= 4 is 5.97 Å². The largest absolute Gasteiger partial charge is 0.479 e. The first-order valence-electron chi connectivity index (χ1n) is 4.62. The molecule has 0 aliphatic heterocycles. The molecule has 1 rings (SSSR count). The van der Waals surface area contributed by atoms with Crippen LogP contribution in [0.25, 0.3) is 0 Å². The number of rotatable bonds is 4. The maximum atomic E-state index is 11.1. The summed E-state index contributed by atoms with van der Waals surface area (Å²) >= 11 is 0. The van der Waals surface area contributed by atoms with Gasteiger partial charge in [0.1, 0.15) is 5.75 Å². The minimum absolute atomic E-state index is 0.121. The number of ether oxygens (including phenoxy) is 2. The molecule has 0 aliphatic rings. The molecule has 0 aromatic heterocycles. The molecule has 0 amide bonds. The van der Waals surface area contributed by atoms with Gasteiger partial charge in [0.2, 0.25) is 0 Å². The standard InChI is InChI=1S/C11H14O4/c1-8(11(13)14-2)15-10-6-4-3-5-9(10)7-12/h3-6,8,12H,7H2,1-2H3/t8-/m1/s1. The molecule has 4 nitrogen and oxygen atoms in total. The van der Waals surface area contributed by atoms with Gasteiger partial charge in [-0.1, -0.05) is 18.2 Å². The lowest BCUT2D eigenvalue weighted by molar-refractivity contribution is -0.147. The fourth-order valence-electron chi connectivity index (χ4n) is 1.15. The van der Waals surface area contributed by atoms with E-state index in [2.05, 4.69) is 4.74 Å². The first kappa shape index (κ1) is 11.5. The van der Waals surface area contributed by atoms with E-state index in [0.717, 1.165) is 0 Å². The second-order valence-electron chi connectivity index (χ2n) is 3.05. The lowest BCUT2D eigenvalue weighted by Crippen LogP contribution is -2.25. The molecule has 0 saturated heterocycles. The van der Waals surface area contributed by atoms with Crippen molar-refractivity contribution in [2.75, 3.05) is 7.11 Å². The van der Waals surface area contributed by atoms with Gasteiger partial charge in [-0.3, -0.25) is 0 Å². The van der Waals surface area contributed by atoms with E-state index in [9.17, 15) is 4.79 Å². The molecular formula is C11H14O4. The number of hydrogen-bond donors (Lipinski definition) is 1. The fourth-order valence-corrected chi connectivity index (χ4v) is 1.15. The molecule has 0 radical (unpaired) electrons. The summed E-state index contributed by atoms with van der Waals surface area (Å²) in [5.74, 6) is 0.0562. The number of carbonyl (C=O) groups excluding carboxylic acids is 1. The minimum atomic E-state index is -0.678. The Bertz CT molecular complexity index is 335. The van der Waals surface area contributed by atoms with Gasteiger partial charge in [0.05, 0.1) is 13.7 Å². The monoisotopic (exact) mass is 210 g/mol. The van der Waals surface area contributed by atoms with Gasteiger partial charge in [0.15, 0.2) is 6.10 Å². The molecule has 1 N–H and O–H groups in total. The van der Waals surface area contributed by atoms with E-state index >= 15 is 0 Å². The van der Waals surface area contributed by atoms with E-state index < -0.39 is 12.1 Å². The predicted molar refractivity (Wildman–Crippen MR) is 54.5 cm³/mol. The summed E-state index contributed by atoms with van der Waals surface area (Å²) in [6.07, 6.45) is -0.678. The molecule has 1 aromatic rings. The third-order valence-corrected chi connectivity index (χ3v) is 1.98. The van der Waals surface area contributed by atoms with Crippen molar-refractivity contribution in [3.63, 3.8) is 0 Å². The SMILES string of the molecule is COC(=O)[C@@H](C)Oc1ccccc1CO. The highest BCUT2D eigenvalue weighted by molar-refractivity contribution is 5.74. The number of benzene rings is 1. The number of aliphatic hydroxyl groups excluding tert-OH is 1. The maximum Gasteiger partial charge on any atom is 0.346 e. The number of carbonyl (C=O) groups is 1. The molecule has 0 unspecified atom stereocenters. The second kappa shape index (κ2) is 5.36.